The van der Waals surface area contributed by atoms with Gasteiger partial charge in [0.05, 0.1) is 12.4 Å². The van der Waals surface area contributed by atoms with Crippen molar-refractivity contribution in [2.75, 3.05) is 12.4 Å². The van der Waals surface area contributed by atoms with Crippen LogP contribution in [0.4, 0.5) is 4.79 Å². The minimum atomic E-state index is -0.892. The highest BCUT2D eigenvalue weighted by atomic mass is 32.1. The van der Waals surface area contributed by atoms with Gasteiger partial charge >= 0.3 is 12.1 Å². The monoisotopic (exact) mass is 417 g/mol. The standard InChI is InChI=1S/C21H23NO6S/c1-14(11-12-27-18(24)13-29)19(15-7-9-17(23)10-8-15)28-21(26)22-20(25)16-5-3-2-4-6-16/h2-10,14,19,23,29H,11-13H2,1H3,(H,22,25,26)/t14-,19-/m0/s1. The fourth-order valence-electron chi connectivity index (χ4n) is 2.63. The van der Waals surface area contributed by atoms with Crippen LogP contribution >= 0.6 is 12.6 Å². The zero-order chi connectivity index (χ0) is 21.2. The molecular formula is C21H23NO6S. The molecule has 2 aromatic rings. The van der Waals surface area contributed by atoms with Crippen LogP contribution in [0.1, 0.15) is 35.4 Å². The molecule has 0 saturated heterocycles. The summed E-state index contributed by atoms with van der Waals surface area (Å²) in [6.07, 6.45) is -1.18. The fraction of sp³-hybridized carbons (Fsp3) is 0.286. The number of benzene rings is 2. The summed E-state index contributed by atoms with van der Waals surface area (Å²) in [4.78, 5) is 35.7. The summed E-state index contributed by atoms with van der Waals surface area (Å²) in [5, 5.41) is 11.7. The number of alkyl carbamates (subject to hydrolysis) is 1. The molecule has 0 aromatic heterocycles. The van der Waals surface area contributed by atoms with E-state index in [0.29, 0.717) is 17.5 Å². The lowest BCUT2D eigenvalue weighted by Crippen LogP contribution is -2.33. The molecule has 0 aliphatic rings. The van der Waals surface area contributed by atoms with Crippen LogP contribution in [0, 0.1) is 5.92 Å². The molecule has 29 heavy (non-hydrogen) atoms. The van der Waals surface area contributed by atoms with Crippen molar-refractivity contribution in [2.24, 2.45) is 5.92 Å². The average Bonchev–Trinajstić information content (AvgIpc) is 2.73. The van der Waals surface area contributed by atoms with Crippen molar-refractivity contribution in [3.05, 3.63) is 65.7 Å². The Kier molecular flexibility index (Phi) is 8.54. The number of imide groups is 1. The Labute approximate surface area is 174 Å². The highest BCUT2D eigenvalue weighted by molar-refractivity contribution is 7.81. The summed E-state index contributed by atoms with van der Waals surface area (Å²) < 4.78 is 10.5. The van der Waals surface area contributed by atoms with Gasteiger partial charge in [0, 0.05) is 11.5 Å². The highest BCUT2D eigenvalue weighted by Gasteiger charge is 2.25. The lowest BCUT2D eigenvalue weighted by molar-refractivity contribution is -0.141. The summed E-state index contributed by atoms with van der Waals surface area (Å²) in [5.41, 5.74) is 0.968. The largest absolute Gasteiger partial charge is 0.508 e. The number of hydrogen-bond acceptors (Lipinski definition) is 7. The summed E-state index contributed by atoms with van der Waals surface area (Å²) in [5.74, 6) is -1.18. The number of rotatable bonds is 8. The van der Waals surface area contributed by atoms with E-state index in [0.717, 1.165) is 0 Å². The molecule has 8 heteroatoms. The zero-order valence-corrected chi connectivity index (χ0v) is 16.8. The Morgan fingerprint density at radius 3 is 2.34 bits per heavy atom. The van der Waals surface area contributed by atoms with Crippen molar-refractivity contribution in [3.63, 3.8) is 0 Å². The van der Waals surface area contributed by atoms with Gasteiger partial charge in [-0.1, -0.05) is 37.3 Å². The van der Waals surface area contributed by atoms with Crippen LogP contribution in [-0.2, 0) is 14.3 Å². The van der Waals surface area contributed by atoms with Gasteiger partial charge in [-0.05, 0) is 36.2 Å². The zero-order valence-electron chi connectivity index (χ0n) is 15.9. The third-order valence-electron chi connectivity index (χ3n) is 4.19. The molecular weight excluding hydrogens is 394 g/mol. The molecule has 0 spiro atoms. The van der Waals surface area contributed by atoms with Crippen LogP contribution in [0.15, 0.2) is 54.6 Å². The smallest absolute Gasteiger partial charge is 0.414 e. The van der Waals surface area contributed by atoms with Crippen LogP contribution in [0.25, 0.3) is 0 Å². The fourth-order valence-corrected chi connectivity index (χ4v) is 2.72. The van der Waals surface area contributed by atoms with Crippen molar-refractivity contribution >= 4 is 30.6 Å². The van der Waals surface area contributed by atoms with E-state index in [2.05, 4.69) is 17.9 Å². The second kappa shape index (κ2) is 11.1. The number of carbonyl (C=O) groups excluding carboxylic acids is 3. The van der Waals surface area contributed by atoms with E-state index in [9.17, 15) is 19.5 Å². The molecule has 7 nitrogen and oxygen atoms in total. The quantitative estimate of drug-likeness (QED) is 0.449. The Hall–Kier alpha value is -3.00. The van der Waals surface area contributed by atoms with Gasteiger partial charge < -0.3 is 14.6 Å². The first-order valence-electron chi connectivity index (χ1n) is 9.03. The van der Waals surface area contributed by atoms with Crippen molar-refractivity contribution in [2.45, 2.75) is 19.4 Å². The number of carbonyl (C=O) groups is 3. The van der Waals surface area contributed by atoms with E-state index in [1.54, 1.807) is 42.5 Å². The number of phenolic OH excluding ortho intramolecular Hbond substituents is 1. The third-order valence-corrected chi connectivity index (χ3v) is 4.45. The normalized spacial score (nSPS) is 12.5. The first-order chi connectivity index (χ1) is 13.9. The molecule has 0 radical (unpaired) electrons. The van der Waals surface area contributed by atoms with Gasteiger partial charge in [0.2, 0.25) is 0 Å². The van der Waals surface area contributed by atoms with Gasteiger partial charge in [0.25, 0.3) is 5.91 Å². The van der Waals surface area contributed by atoms with Gasteiger partial charge in [-0.3, -0.25) is 14.9 Å². The second-order valence-electron chi connectivity index (χ2n) is 6.38. The van der Waals surface area contributed by atoms with Crippen LogP contribution in [0.5, 0.6) is 5.75 Å². The maximum Gasteiger partial charge on any atom is 0.414 e. The van der Waals surface area contributed by atoms with Gasteiger partial charge in [-0.25, -0.2) is 4.79 Å². The first kappa shape index (κ1) is 22.3. The molecule has 2 amide bonds. The van der Waals surface area contributed by atoms with E-state index in [1.165, 1.54) is 12.1 Å². The summed E-state index contributed by atoms with van der Waals surface area (Å²) in [6, 6.07) is 14.5. The molecule has 0 fully saturated rings. The molecule has 2 atom stereocenters. The Bertz CT molecular complexity index is 825. The SMILES string of the molecule is C[C@@H](CCOC(=O)CS)[C@H](OC(=O)NC(=O)c1ccccc1)c1ccc(O)cc1. The maximum absolute atomic E-state index is 12.3. The van der Waals surface area contributed by atoms with E-state index in [1.807, 2.05) is 6.92 Å². The number of phenols is 1. The van der Waals surface area contributed by atoms with Crippen LogP contribution in [0.2, 0.25) is 0 Å². The predicted octanol–water partition coefficient (Wildman–Crippen LogP) is 3.50. The first-order valence-corrected chi connectivity index (χ1v) is 9.66. The number of esters is 1. The van der Waals surface area contributed by atoms with Crippen molar-refractivity contribution < 1.29 is 29.0 Å². The minimum Gasteiger partial charge on any atom is -0.508 e. The van der Waals surface area contributed by atoms with E-state index >= 15 is 0 Å². The Balaban J connectivity index is 2.06. The summed E-state index contributed by atoms with van der Waals surface area (Å²) >= 11 is 3.85. The Morgan fingerprint density at radius 2 is 1.72 bits per heavy atom. The van der Waals surface area contributed by atoms with Gasteiger partial charge in [-0.2, -0.15) is 12.6 Å². The highest BCUT2D eigenvalue weighted by Crippen LogP contribution is 2.29. The molecule has 0 bridgehead atoms. The lowest BCUT2D eigenvalue weighted by Gasteiger charge is -2.24. The van der Waals surface area contributed by atoms with Crippen molar-refractivity contribution in [3.8, 4) is 5.75 Å². The van der Waals surface area contributed by atoms with Crippen LogP contribution < -0.4 is 5.32 Å². The molecule has 2 N–H and O–H groups in total. The molecule has 0 aliphatic carbocycles. The molecule has 0 saturated carbocycles. The van der Waals surface area contributed by atoms with Gasteiger partial charge in [-0.15, -0.1) is 0 Å². The van der Waals surface area contributed by atoms with Crippen molar-refractivity contribution in [1.29, 1.82) is 0 Å². The number of aromatic hydroxyl groups is 1. The minimum absolute atomic E-state index is 0.0176. The van der Waals surface area contributed by atoms with Crippen LogP contribution in [0.3, 0.4) is 0 Å². The molecule has 2 rings (SSSR count). The Morgan fingerprint density at radius 1 is 1.07 bits per heavy atom. The van der Waals surface area contributed by atoms with Gasteiger partial charge in [0.1, 0.15) is 11.9 Å². The molecule has 2 aromatic carbocycles. The summed E-state index contributed by atoms with van der Waals surface area (Å²) in [7, 11) is 0. The predicted molar refractivity (Wildman–Crippen MR) is 110 cm³/mol. The number of amides is 2. The third kappa shape index (κ3) is 7.15. The number of nitrogens with one attached hydrogen (secondary N) is 1. The van der Waals surface area contributed by atoms with Gasteiger partial charge in [0.15, 0.2) is 0 Å². The molecule has 154 valence electrons. The maximum atomic E-state index is 12.3. The molecule has 0 heterocycles. The van der Waals surface area contributed by atoms with Crippen molar-refractivity contribution in [1.82, 2.24) is 5.32 Å². The molecule has 0 aliphatic heterocycles. The number of ether oxygens (including phenoxy) is 2. The topological polar surface area (TPSA) is 102 Å². The van der Waals surface area contributed by atoms with E-state index in [-0.39, 0.29) is 24.0 Å². The van der Waals surface area contributed by atoms with Crippen LogP contribution in [-0.4, -0.2) is 35.4 Å². The lowest BCUT2D eigenvalue weighted by atomic mass is 9.94. The summed E-state index contributed by atoms with van der Waals surface area (Å²) in [6.45, 7) is 1.97. The van der Waals surface area contributed by atoms with E-state index in [4.69, 9.17) is 9.47 Å². The number of hydrogen-bond donors (Lipinski definition) is 3. The average molecular weight is 417 g/mol. The second-order valence-corrected chi connectivity index (χ2v) is 6.70. The molecule has 0 unspecified atom stereocenters. The van der Waals surface area contributed by atoms with E-state index < -0.39 is 24.1 Å². The number of thiol groups is 1.